The van der Waals surface area contributed by atoms with E-state index in [1.165, 1.54) is 70.4 Å². The number of fused-ring (bicyclic) bond motifs is 1. The van der Waals surface area contributed by atoms with E-state index in [-0.39, 0.29) is 0 Å². The maximum Gasteiger partial charge on any atom is 0.0789 e. The number of rotatable bonds is 4. The van der Waals surface area contributed by atoms with Gasteiger partial charge in [0.15, 0.2) is 0 Å². The molecule has 4 heteroatoms. The molecule has 4 aliphatic rings. The lowest BCUT2D eigenvalue weighted by Gasteiger charge is -2.55. The lowest BCUT2D eigenvalue weighted by molar-refractivity contribution is -0.0922. The Balaban J connectivity index is 1.19. The van der Waals surface area contributed by atoms with E-state index in [0.717, 1.165) is 12.5 Å². The number of para-hydroxylation sites is 1. The maximum absolute atomic E-state index is 6.12. The number of ether oxygens (including phenoxy) is 1. The van der Waals surface area contributed by atoms with Crippen LogP contribution in [0, 0.1) is 5.92 Å². The molecule has 3 heterocycles. The van der Waals surface area contributed by atoms with Crippen molar-refractivity contribution in [3.63, 3.8) is 0 Å². The van der Waals surface area contributed by atoms with Crippen molar-refractivity contribution in [3.8, 4) is 0 Å². The molecule has 0 radical (unpaired) electrons. The van der Waals surface area contributed by atoms with Crippen LogP contribution >= 0.6 is 0 Å². The number of likely N-dealkylation sites (tertiary alicyclic amines) is 1. The fourth-order valence-corrected chi connectivity index (χ4v) is 5.76. The van der Waals surface area contributed by atoms with E-state index in [0.29, 0.717) is 24.2 Å². The first kappa shape index (κ1) is 17.0. The van der Waals surface area contributed by atoms with Crippen molar-refractivity contribution < 1.29 is 4.74 Å². The number of hydrogen-bond donors (Lipinski definition) is 1. The van der Waals surface area contributed by atoms with Gasteiger partial charge in [-0.1, -0.05) is 24.6 Å². The molecular weight excluding hydrogens is 322 g/mol. The van der Waals surface area contributed by atoms with E-state index in [1.807, 2.05) is 0 Å². The van der Waals surface area contributed by atoms with Crippen molar-refractivity contribution in [3.05, 3.63) is 30.3 Å². The molecule has 0 bridgehead atoms. The highest BCUT2D eigenvalue weighted by Gasteiger charge is 2.56. The molecule has 4 nitrogen and oxygen atoms in total. The van der Waals surface area contributed by atoms with E-state index in [9.17, 15) is 0 Å². The van der Waals surface area contributed by atoms with Crippen LogP contribution in [0.5, 0.6) is 0 Å². The molecule has 1 saturated carbocycles. The Morgan fingerprint density at radius 2 is 1.65 bits per heavy atom. The van der Waals surface area contributed by atoms with E-state index >= 15 is 0 Å². The Morgan fingerprint density at radius 1 is 0.885 bits per heavy atom. The van der Waals surface area contributed by atoms with Gasteiger partial charge in [-0.15, -0.1) is 0 Å². The van der Waals surface area contributed by atoms with Gasteiger partial charge in [0, 0.05) is 43.4 Å². The van der Waals surface area contributed by atoms with E-state index in [2.05, 4.69) is 45.4 Å². The lowest BCUT2D eigenvalue weighted by atomic mass is 9.69. The van der Waals surface area contributed by atoms with Gasteiger partial charge in [0.2, 0.25) is 0 Å². The van der Waals surface area contributed by atoms with Gasteiger partial charge >= 0.3 is 0 Å². The molecule has 5 rings (SSSR count). The second-order valence-electron chi connectivity index (χ2n) is 8.66. The summed E-state index contributed by atoms with van der Waals surface area (Å²) in [5.74, 6) is 0.758. The summed E-state index contributed by atoms with van der Waals surface area (Å²) in [4.78, 5) is 5.29. The van der Waals surface area contributed by atoms with E-state index < -0.39 is 0 Å². The molecule has 26 heavy (non-hydrogen) atoms. The lowest BCUT2D eigenvalue weighted by Crippen LogP contribution is -2.72. The van der Waals surface area contributed by atoms with Crippen LogP contribution < -0.4 is 10.2 Å². The molecule has 1 N–H and O–H groups in total. The largest absolute Gasteiger partial charge is 0.376 e. The molecule has 1 aromatic rings. The number of nitrogens with zero attached hydrogens (tertiary/aromatic N) is 2. The monoisotopic (exact) mass is 355 g/mol. The molecule has 4 fully saturated rings. The number of hydrogen-bond acceptors (Lipinski definition) is 4. The fraction of sp³-hybridized carbons (Fsp3) is 0.727. The first-order valence-corrected chi connectivity index (χ1v) is 10.8. The summed E-state index contributed by atoms with van der Waals surface area (Å²) >= 11 is 0. The molecule has 0 amide bonds. The van der Waals surface area contributed by atoms with Crippen molar-refractivity contribution in [2.24, 2.45) is 5.92 Å². The third-order valence-electron chi connectivity index (χ3n) is 7.21. The highest BCUT2D eigenvalue weighted by atomic mass is 16.5. The molecule has 0 aromatic heterocycles. The highest BCUT2D eigenvalue weighted by Crippen LogP contribution is 2.43. The third kappa shape index (κ3) is 3.17. The first-order valence-electron chi connectivity index (χ1n) is 10.8. The zero-order valence-corrected chi connectivity index (χ0v) is 15.9. The summed E-state index contributed by atoms with van der Waals surface area (Å²) in [7, 11) is 0. The van der Waals surface area contributed by atoms with E-state index in [1.54, 1.807) is 0 Å². The van der Waals surface area contributed by atoms with Gasteiger partial charge in [0.1, 0.15) is 0 Å². The molecule has 142 valence electrons. The van der Waals surface area contributed by atoms with E-state index in [4.69, 9.17) is 4.74 Å². The summed E-state index contributed by atoms with van der Waals surface area (Å²) in [6.45, 7) is 5.88. The second-order valence-corrected chi connectivity index (χ2v) is 8.66. The zero-order chi connectivity index (χ0) is 17.3. The topological polar surface area (TPSA) is 27.7 Å². The molecule has 1 aromatic carbocycles. The molecule has 4 atom stereocenters. The van der Waals surface area contributed by atoms with Crippen molar-refractivity contribution in [2.45, 2.75) is 62.8 Å². The highest BCUT2D eigenvalue weighted by molar-refractivity contribution is 5.46. The summed E-state index contributed by atoms with van der Waals surface area (Å²) in [6.07, 6.45) is 8.44. The van der Waals surface area contributed by atoms with Crippen LogP contribution in [0.15, 0.2) is 30.3 Å². The second kappa shape index (κ2) is 7.49. The SMILES string of the molecule is c1ccc(N2CCC(N[C@H]3[C@H]4CCO[C@H]4[C@@H]3N3CCCCC3)CC2)cc1. The minimum atomic E-state index is 0.509. The molecule has 0 spiro atoms. The smallest absolute Gasteiger partial charge is 0.0789 e. The quantitative estimate of drug-likeness (QED) is 0.899. The van der Waals surface area contributed by atoms with Crippen LogP contribution in [0.25, 0.3) is 0 Å². The summed E-state index contributed by atoms with van der Waals surface area (Å²) in [5.41, 5.74) is 1.38. The fourth-order valence-electron chi connectivity index (χ4n) is 5.76. The molecule has 1 aliphatic carbocycles. The minimum absolute atomic E-state index is 0.509. The minimum Gasteiger partial charge on any atom is -0.376 e. The Hall–Kier alpha value is -1.10. The zero-order valence-electron chi connectivity index (χ0n) is 15.9. The summed E-state index contributed by atoms with van der Waals surface area (Å²) in [5, 5.41) is 4.10. The molecular formula is C22H33N3O. The Kier molecular flexibility index (Phi) is 4.91. The van der Waals surface area contributed by atoms with Gasteiger partial charge in [-0.05, 0) is 57.3 Å². The van der Waals surface area contributed by atoms with Gasteiger partial charge in [0.05, 0.1) is 12.1 Å². The van der Waals surface area contributed by atoms with Gasteiger partial charge in [-0.3, -0.25) is 4.90 Å². The van der Waals surface area contributed by atoms with Crippen molar-refractivity contribution in [1.29, 1.82) is 0 Å². The molecule has 0 unspecified atom stereocenters. The number of benzene rings is 1. The van der Waals surface area contributed by atoms with Crippen LogP contribution in [-0.4, -0.2) is 61.9 Å². The molecule has 3 saturated heterocycles. The molecule has 3 aliphatic heterocycles. The Morgan fingerprint density at radius 3 is 2.42 bits per heavy atom. The van der Waals surface area contributed by atoms with Crippen molar-refractivity contribution in [2.75, 3.05) is 37.7 Å². The predicted molar refractivity (Wildman–Crippen MR) is 106 cm³/mol. The van der Waals surface area contributed by atoms with Gasteiger partial charge in [-0.2, -0.15) is 0 Å². The Bertz CT molecular complexity index is 580. The number of anilines is 1. The van der Waals surface area contributed by atoms with Crippen LogP contribution in [0.1, 0.15) is 38.5 Å². The van der Waals surface area contributed by atoms with Crippen LogP contribution in [0.2, 0.25) is 0 Å². The maximum atomic E-state index is 6.12. The van der Waals surface area contributed by atoms with Crippen LogP contribution in [0.3, 0.4) is 0 Å². The summed E-state index contributed by atoms with van der Waals surface area (Å²) < 4.78 is 6.12. The first-order chi connectivity index (χ1) is 12.9. The van der Waals surface area contributed by atoms with Gasteiger partial charge in [0.25, 0.3) is 0 Å². The normalized spacial score (nSPS) is 35.9. The van der Waals surface area contributed by atoms with Crippen LogP contribution in [-0.2, 0) is 4.74 Å². The summed E-state index contributed by atoms with van der Waals surface area (Å²) in [6, 6.07) is 12.9. The Labute approximate surface area is 157 Å². The number of nitrogens with one attached hydrogen (secondary N) is 1. The van der Waals surface area contributed by atoms with Gasteiger partial charge < -0.3 is 15.0 Å². The standard InChI is InChI=1S/C22H33N3O/c1-3-7-18(8-4-1)24-14-9-17(10-15-24)23-20-19-11-16-26-22(19)21(20)25-12-5-2-6-13-25/h1,3-4,7-8,17,19-23H,2,5-6,9-16H2/t19-,20+,21-,22-/m1/s1. The number of piperidine rings is 2. The average Bonchev–Trinajstić information content (AvgIpc) is 3.12. The van der Waals surface area contributed by atoms with Gasteiger partial charge in [-0.25, -0.2) is 0 Å². The average molecular weight is 356 g/mol. The van der Waals surface area contributed by atoms with Crippen molar-refractivity contribution in [1.82, 2.24) is 10.2 Å². The van der Waals surface area contributed by atoms with Crippen molar-refractivity contribution >= 4 is 5.69 Å². The predicted octanol–water partition coefficient (Wildman–Crippen LogP) is 2.89. The third-order valence-corrected chi connectivity index (χ3v) is 7.21. The van der Waals surface area contributed by atoms with Crippen LogP contribution in [0.4, 0.5) is 5.69 Å².